The molecule has 0 unspecified atom stereocenters. The summed E-state index contributed by atoms with van der Waals surface area (Å²) >= 11 is 3.40. The SMILES string of the molecule is Cc1nc(NCCc2cccs2)nc(N[C@H]2CC[C@@H](CO)C2)c1-c1nc2cnccc2s1. The van der Waals surface area contributed by atoms with Crippen LogP contribution >= 0.6 is 22.7 Å². The van der Waals surface area contributed by atoms with Crippen LogP contribution in [0.2, 0.25) is 0 Å². The molecule has 0 aliphatic heterocycles. The van der Waals surface area contributed by atoms with Gasteiger partial charge in [0.25, 0.3) is 0 Å². The average Bonchev–Trinajstić information content (AvgIpc) is 3.54. The summed E-state index contributed by atoms with van der Waals surface area (Å²) in [6, 6.07) is 6.50. The van der Waals surface area contributed by atoms with Gasteiger partial charge >= 0.3 is 0 Å². The third kappa shape index (κ3) is 4.60. The van der Waals surface area contributed by atoms with Gasteiger partial charge in [0.15, 0.2) is 0 Å². The molecule has 0 saturated heterocycles. The Hall–Kier alpha value is -2.62. The van der Waals surface area contributed by atoms with E-state index in [1.165, 1.54) is 4.88 Å². The number of thiophene rings is 1. The van der Waals surface area contributed by atoms with Crippen LogP contribution < -0.4 is 10.6 Å². The van der Waals surface area contributed by atoms with Crippen LogP contribution in [0.1, 0.15) is 29.8 Å². The number of hydrogen-bond donors (Lipinski definition) is 3. The Kier molecular flexibility index (Phi) is 6.29. The molecular weight excluding hydrogens is 440 g/mol. The second kappa shape index (κ2) is 9.48. The van der Waals surface area contributed by atoms with Crippen molar-refractivity contribution in [2.24, 2.45) is 5.92 Å². The van der Waals surface area contributed by atoms with Gasteiger partial charge in [-0.15, -0.1) is 22.7 Å². The van der Waals surface area contributed by atoms with Crippen LogP contribution in [-0.4, -0.2) is 44.2 Å². The molecule has 166 valence electrons. The lowest BCUT2D eigenvalue weighted by Gasteiger charge is -2.18. The third-order valence-corrected chi connectivity index (χ3v) is 7.86. The van der Waals surface area contributed by atoms with Crippen LogP contribution in [0.5, 0.6) is 0 Å². The fourth-order valence-corrected chi connectivity index (χ4v) is 5.96. The van der Waals surface area contributed by atoms with Gasteiger partial charge in [0, 0.05) is 30.3 Å². The first kappa shape index (κ1) is 21.2. The number of thiazole rings is 1. The molecule has 4 aromatic rings. The molecule has 0 bridgehead atoms. The fraction of sp³-hybridized carbons (Fsp3) is 0.391. The molecule has 4 aromatic heterocycles. The van der Waals surface area contributed by atoms with Crippen molar-refractivity contribution >= 4 is 44.7 Å². The number of aromatic nitrogens is 4. The van der Waals surface area contributed by atoms with E-state index >= 15 is 0 Å². The van der Waals surface area contributed by atoms with E-state index in [-0.39, 0.29) is 12.6 Å². The Labute approximate surface area is 195 Å². The van der Waals surface area contributed by atoms with Gasteiger partial charge in [0.1, 0.15) is 16.3 Å². The van der Waals surface area contributed by atoms with Crippen LogP contribution in [0.4, 0.5) is 11.8 Å². The number of anilines is 2. The predicted octanol–water partition coefficient (Wildman–Crippen LogP) is 4.75. The molecule has 0 spiro atoms. The van der Waals surface area contributed by atoms with E-state index in [1.807, 2.05) is 13.0 Å². The number of aliphatic hydroxyl groups excluding tert-OH is 1. The zero-order valence-electron chi connectivity index (χ0n) is 17.9. The van der Waals surface area contributed by atoms with Crippen molar-refractivity contribution in [3.8, 4) is 10.6 Å². The quantitative estimate of drug-likeness (QED) is 0.345. The van der Waals surface area contributed by atoms with Crippen molar-refractivity contribution in [1.82, 2.24) is 19.9 Å². The third-order valence-electron chi connectivity index (χ3n) is 5.87. The van der Waals surface area contributed by atoms with E-state index < -0.39 is 0 Å². The largest absolute Gasteiger partial charge is 0.396 e. The monoisotopic (exact) mass is 466 g/mol. The minimum absolute atomic E-state index is 0.244. The normalized spacial score (nSPS) is 18.3. The maximum absolute atomic E-state index is 9.55. The van der Waals surface area contributed by atoms with E-state index in [9.17, 15) is 5.11 Å². The molecule has 7 nitrogen and oxygen atoms in total. The minimum atomic E-state index is 0.244. The van der Waals surface area contributed by atoms with Gasteiger partial charge in [-0.25, -0.2) is 9.97 Å². The molecule has 1 fully saturated rings. The summed E-state index contributed by atoms with van der Waals surface area (Å²) in [5.41, 5.74) is 2.73. The van der Waals surface area contributed by atoms with Gasteiger partial charge in [-0.2, -0.15) is 4.98 Å². The number of hydrogen-bond acceptors (Lipinski definition) is 9. The molecule has 1 aliphatic rings. The van der Waals surface area contributed by atoms with Gasteiger partial charge in [-0.1, -0.05) is 6.07 Å². The molecule has 0 aromatic carbocycles. The molecule has 4 heterocycles. The molecule has 9 heteroatoms. The van der Waals surface area contributed by atoms with Crippen molar-refractivity contribution in [3.05, 3.63) is 46.5 Å². The highest BCUT2D eigenvalue weighted by molar-refractivity contribution is 7.21. The summed E-state index contributed by atoms with van der Waals surface area (Å²) in [5.74, 6) is 1.80. The summed E-state index contributed by atoms with van der Waals surface area (Å²) in [5, 5.41) is 19.6. The maximum atomic E-state index is 9.55. The van der Waals surface area contributed by atoms with Gasteiger partial charge in [0.2, 0.25) is 5.95 Å². The summed E-state index contributed by atoms with van der Waals surface area (Å²) in [6.07, 6.45) is 7.54. The van der Waals surface area contributed by atoms with Crippen LogP contribution in [0.3, 0.4) is 0 Å². The summed E-state index contributed by atoms with van der Waals surface area (Å²) in [4.78, 5) is 20.0. The molecule has 1 aliphatic carbocycles. The minimum Gasteiger partial charge on any atom is -0.396 e. The smallest absolute Gasteiger partial charge is 0.224 e. The first-order chi connectivity index (χ1) is 15.7. The Morgan fingerprint density at radius 3 is 2.91 bits per heavy atom. The maximum Gasteiger partial charge on any atom is 0.224 e. The number of aryl methyl sites for hydroxylation is 1. The van der Waals surface area contributed by atoms with Crippen molar-refractivity contribution in [2.75, 3.05) is 23.8 Å². The highest BCUT2D eigenvalue weighted by Crippen LogP contribution is 2.37. The first-order valence-electron chi connectivity index (χ1n) is 10.9. The molecule has 1 saturated carbocycles. The Balaban J connectivity index is 1.45. The molecule has 32 heavy (non-hydrogen) atoms. The zero-order valence-corrected chi connectivity index (χ0v) is 19.5. The van der Waals surface area contributed by atoms with E-state index in [1.54, 1.807) is 35.1 Å². The Morgan fingerprint density at radius 2 is 2.12 bits per heavy atom. The van der Waals surface area contributed by atoms with Crippen LogP contribution in [0.25, 0.3) is 20.8 Å². The van der Waals surface area contributed by atoms with Crippen LogP contribution in [0.15, 0.2) is 36.0 Å². The van der Waals surface area contributed by atoms with Crippen molar-refractivity contribution in [2.45, 2.75) is 38.6 Å². The lowest BCUT2D eigenvalue weighted by molar-refractivity contribution is 0.229. The predicted molar refractivity (Wildman–Crippen MR) is 132 cm³/mol. The van der Waals surface area contributed by atoms with E-state index in [4.69, 9.17) is 15.0 Å². The van der Waals surface area contributed by atoms with E-state index in [0.717, 1.165) is 64.5 Å². The lowest BCUT2D eigenvalue weighted by atomic mass is 10.1. The molecule has 0 radical (unpaired) electrons. The molecule has 3 N–H and O–H groups in total. The average molecular weight is 467 g/mol. The summed E-state index contributed by atoms with van der Waals surface area (Å²) in [6.45, 7) is 3.04. The molecular formula is C23H26N6OS2. The molecule has 5 rings (SSSR count). The van der Waals surface area contributed by atoms with E-state index in [2.05, 4.69) is 33.1 Å². The number of nitrogens with zero attached hydrogens (tertiary/aromatic N) is 4. The van der Waals surface area contributed by atoms with E-state index in [0.29, 0.717) is 11.9 Å². The molecule has 2 atom stereocenters. The zero-order chi connectivity index (χ0) is 21.9. The van der Waals surface area contributed by atoms with Crippen molar-refractivity contribution in [1.29, 1.82) is 0 Å². The second-order valence-corrected chi connectivity index (χ2v) is 10.2. The standard InChI is InChI=1S/C23H26N6OS2/c1-14-20(22-28-18-12-24-8-7-19(18)32-22)21(27-16-5-4-15(11-16)13-30)29-23(26-14)25-9-6-17-3-2-10-31-17/h2-3,7-8,10,12,15-16,30H,4-6,9,11,13H2,1H3,(H2,25,26,27,29)/t15-,16+/m1/s1. The number of aliphatic hydroxyl groups is 1. The van der Waals surface area contributed by atoms with Gasteiger partial charge in [-0.3, -0.25) is 4.98 Å². The number of nitrogens with one attached hydrogen (secondary N) is 2. The summed E-state index contributed by atoms with van der Waals surface area (Å²) < 4.78 is 1.10. The number of rotatable bonds is 8. The fourth-order valence-electron chi connectivity index (χ4n) is 4.22. The summed E-state index contributed by atoms with van der Waals surface area (Å²) in [7, 11) is 0. The number of pyridine rings is 1. The first-order valence-corrected chi connectivity index (χ1v) is 12.6. The van der Waals surface area contributed by atoms with Crippen molar-refractivity contribution in [3.63, 3.8) is 0 Å². The lowest BCUT2D eigenvalue weighted by Crippen LogP contribution is -2.19. The topological polar surface area (TPSA) is 95.9 Å². The molecule has 0 amide bonds. The van der Waals surface area contributed by atoms with Gasteiger partial charge in [0.05, 0.1) is 22.2 Å². The second-order valence-electron chi connectivity index (χ2n) is 8.18. The number of fused-ring (bicyclic) bond motifs is 1. The van der Waals surface area contributed by atoms with Crippen LogP contribution in [-0.2, 0) is 6.42 Å². The highest BCUT2D eigenvalue weighted by Gasteiger charge is 2.26. The Bertz CT molecular complexity index is 1160. The van der Waals surface area contributed by atoms with Gasteiger partial charge < -0.3 is 15.7 Å². The van der Waals surface area contributed by atoms with Crippen molar-refractivity contribution < 1.29 is 5.11 Å². The highest BCUT2D eigenvalue weighted by atomic mass is 32.1. The van der Waals surface area contributed by atoms with Crippen LogP contribution in [0, 0.1) is 12.8 Å². The Morgan fingerprint density at radius 1 is 1.19 bits per heavy atom. The van der Waals surface area contributed by atoms with Gasteiger partial charge in [-0.05, 0) is 56.0 Å².